The molecule has 7 nitrogen and oxygen atoms in total. The molecule has 0 saturated carbocycles. The molecule has 0 unspecified atom stereocenters. The summed E-state index contributed by atoms with van der Waals surface area (Å²) in [7, 11) is 3.19. The normalized spacial score (nSPS) is 9.87. The van der Waals surface area contributed by atoms with E-state index >= 15 is 0 Å². The van der Waals surface area contributed by atoms with Gasteiger partial charge in [-0.1, -0.05) is 0 Å². The summed E-state index contributed by atoms with van der Waals surface area (Å²) < 4.78 is 15.3. The second-order valence-electron chi connectivity index (χ2n) is 4.47. The average Bonchev–Trinajstić information content (AvgIpc) is 2.56. The fraction of sp³-hybridized carbons (Fsp3) is 0.250. The Morgan fingerprint density at radius 3 is 2.61 bits per heavy atom. The molecule has 0 aliphatic heterocycles. The van der Waals surface area contributed by atoms with Gasteiger partial charge >= 0.3 is 6.09 Å². The number of rotatable bonds is 6. The van der Waals surface area contributed by atoms with Gasteiger partial charge in [-0.25, -0.2) is 9.78 Å². The zero-order chi connectivity index (χ0) is 16.7. The molecule has 1 aromatic heterocycles. The lowest BCUT2D eigenvalue weighted by Crippen LogP contribution is -2.13. The molecule has 0 aliphatic rings. The average molecular weight is 317 g/mol. The van der Waals surface area contributed by atoms with E-state index in [1.54, 1.807) is 39.3 Å². The topological polar surface area (TPSA) is 81.7 Å². The van der Waals surface area contributed by atoms with Crippen LogP contribution in [0.4, 0.5) is 22.0 Å². The number of carbonyl (C=O) groups is 1. The van der Waals surface area contributed by atoms with Crippen molar-refractivity contribution in [3.8, 4) is 11.5 Å². The molecule has 0 aliphatic carbocycles. The van der Waals surface area contributed by atoms with E-state index < -0.39 is 6.09 Å². The molecule has 7 heteroatoms. The van der Waals surface area contributed by atoms with Crippen LogP contribution < -0.4 is 20.1 Å². The lowest BCUT2D eigenvalue weighted by molar-refractivity contribution is 0.168. The molecule has 1 heterocycles. The lowest BCUT2D eigenvalue weighted by Gasteiger charge is -2.12. The van der Waals surface area contributed by atoms with E-state index in [2.05, 4.69) is 15.6 Å². The van der Waals surface area contributed by atoms with E-state index in [-0.39, 0.29) is 0 Å². The first-order valence-corrected chi connectivity index (χ1v) is 7.05. The highest BCUT2D eigenvalue weighted by molar-refractivity contribution is 5.84. The fourth-order valence-corrected chi connectivity index (χ4v) is 1.88. The number of benzene rings is 1. The summed E-state index contributed by atoms with van der Waals surface area (Å²) in [6.45, 7) is 2.06. The molecule has 0 atom stereocenters. The molecular formula is C16H19N3O4. The van der Waals surface area contributed by atoms with Crippen molar-refractivity contribution in [2.75, 3.05) is 31.5 Å². The van der Waals surface area contributed by atoms with Crippen molar-refractivity contribution in [2.45, 2.75) is 6.92 Å². The molecule has 122 valence electrons. The highest BCUT2D eigenvalue weighted by Crippen LogP contribution is 2.31. The Kier molecular flexibility index (Phi) is 5.62. The Morgan fingerprint density at radius 2 is 2.00 bits per heavy atom. The number of pyridine rings is 1. The van der Waals surface area contributed by atoms with Crippen LogP contribution in [-0.2, 0) is 4.74 Å². The first kappa shape index (κ1) is 16.4. The minimum absolute atomic E-state index is 0.314. The van der Waals surface area contributed by atoms with Crippen molar-refractivity contribution in [3.05, 3.63) is 36.5 Å². The predicted molar refractivity (Wildman–Crippen MR) is 87.7 cm³/mol. The monoisotopic (exact) mass is 317 g/mol. The van der Waals surface area contributed by atoms with Crippen LogP contribution in [0.25, 0.3) is 0 Å². The Morgan fingerprint density at radius 1 is 1.17 bits per heavy atom. The van der Waals surface area contributed by atoms with Crippen LogP contribution in [0.5, 0.6) is 11.5 Å². The number of amides is 1. The van der Waals surface area contributed by atoms with Gasteiger partial charge in [-0.05, 0) is 31.2 Å². The first-order valence-electron chi connectivity index (χ1n) is 7.05. The molecule has 0 spiro atoms. The highest BCUT2D eigenvalue weighted by atomic mass is 16.5. The van der Waals surface area contributed by atoms with Crippen molar-refractivity contribution in [3.63, 3.8) is 0 Å². The van der Waals surface area contributed by atoms with Gasteiger partial charge in [0.15, 0.2) is 0 Å². The molecular weight excluding hydrogens is 298 g/mol. The highest BCUT2D eigenvalue weighted by Gasteiger charge is 2.07. The Bertz CT molecular complexity index is 659. The maximum Gasteiger partial charge on any atom is 0.411 e. The van der Waals surface area contributed by atoms with E-state index in [0.29, 0.717) is 29.6 Å². The molecule has 2 aromatic rings. The fourth-order valence-electron chi connectivity index (χ4n) is 1.88. The van der Waals surface area contributed by atoms with Crippen LogP contribution >= 0.6 is 0 Å². The summed E-state index contributed by atoms with van der Waals surface area (Å²) in [4.78, 5) is 15.6. The lowest BCUT2D eigenvalue weighted by atomic mass is 10.2. The maximum atomic E-state index is 11.3. The zero-order valence-corrected chi connectivity index (χ0v) is 13.3. The second-order valence-corrected chi connectivity index (χ2v) is 4.47. The van der Waals surface area contributed by atoms with E-state index in [4.69, 9.17) is 14.2 Å². The van der Waals surface area contributed by atoms with Crippen molar-refractivity contribution in [1.29, 1.82) is 0 Å². The third kappa shape index (κ3) is 4.50. The van der Waals surface area contributed by atoms with E-state index in [1.165, 1.54) is 6.20 Å². The summed E-state index contributed by atoms with van der Waals surface area (Å²) in [5, 5.41) is 5.72. The van der Waals surface area contributed by atoms with Crippen molar-refractivity contribution in [2.24, 2.45) is 0 Å². The number of ether oxygens (including phenoxy) is 3. The van der Waals surface area contributed by atoms with Gasteiger partial charge in [0, 0.05) is 6.07 Å². The second kappa shape index (κ2) is 7.88. The molecule has 0 fully saturated rings. The Balaban J connectivity index is 2.10. The van der Waals surface area contributed by atoms with E-state index in [9.17, 15) is 4.79 Å². The first-order chi connectivity index (χ1) is 11.2. The van der Waals surface area contributed by atoms with Crippen LogP contribution in [0.2, 0.25) is 0 Å². The summed E-state index contributed by atoms with van der Waals surface area (Å²) in [6.07, 6.45) is 1.02. The molecule has 0 saturated heterocycles. The van der Waals surface area contributed by atoms with Crippen LogP contribution in [-0.4, -0.2) is 31.9 Å². The summed E-state index contributed by atoms with van der Waals surface area (Å²) in [5.74, 6) is 1.97. The number of hydrogen-bond acceptors (Lipinski definition) is 6. The molecule has 0 bridgehead atoms. The minimum atomic E-state index is -0.510. The van der Waals surface area contributed by atoms with Gasteiger partial charge in [0.25, 0.3) is 0 Å². The van der Waals surface area contributed by atoms with Crippen molar-refractivity contribution >= 4 is 23.3 Å². The molecule has 1 aromatic carbocycles. The van der Waals surface area contributed by atoms with Gasteiger partial charge < -0.3 is 19.5 Å². The third-order valence-corrected chi connectivity index (χ3v) is 2.95. The van der Waals surface area contributed by atoms with Gasteiger partial charge in [0.1, 0.15) is 17.3 Å². The quantitative estimate of drug-likeness (QED) is 0.849. The molecule has 2 N–H and O–H groups in total. The van der Waals surface area contributed by atoms with Crippen molar-refractivity contribution < 1.29 is 19.0 Å². The Labute approximate surface area is 134 Å². The number of anilines is 3. The van der Waals surface area contributed by atoms with Gasteiger partial charge in [-0.2, -0.15) is 0 Å². The smallest absolute Gasteiger partial charge is 0.411 e. The molecule has 0 radical (unpaired) electrons. The van der Waals surface area contributed by atoms with Gasteiger partial charge in [-0.15, -0.1) is 0 Å². The number of aromatic nitrogens is 1. The summed E-state index contributed by atoms with van der Waals surface area (Å²) in [6, 6.07) is 8.88. The minimum Gasteiger partial charge on any atom is -0.497 e. The summed E-state index contributed by atoms with van der Waals surface area (Å²) >= 11 is 0. The van der Waals surface area contributed by atoms with Crippen molar-refractivity contribution in [1.82, 2.24) is 4.98 Å². The third-order valence-electron chi connectivity index (χ3n) is 2.95. The van der Waals surface area contributed by atoms with Crippen LogP contribution in [0.15, 0.2) is 36.5 Å². The molecule has 1 amide bonds. The SMILES string of the molecule is CCOC(=O)Nc1ccc(Nc2cc(OC)ccc2OC)nc1. The number of carbonyl (C=O) groups excluding carboxylic acids is 1. The number of nitrogens with one attached hydrogen (secondary N) is 2. The van der Waals surface area contributed by atoms with Crippen LogP contribution in [0.3, 0.4) is 0 Å². The standard InChI is InChI=1S/C16H19N3O4/c1-4-23-16(20)18-11-5-8-15(17-10-11)19-13-9-12(21-2)6-7-14(13)22-3/h5-10H,4H2,1-3H3,(H,17,19)(H,18,20). The van der Waals surface area contributed by atoms with Gasteiger partial charge in [-0.3, -0.25) is 5.32 Å². The van der Waals surface area contributed by atoms with E-state index in [1.807, 2.05) is 12.1 Å². The number of nitrogens with zero attached hydrogens (tertiary/aromatic N) is 1. The zero-order valence-electron chi connectivity index (χ0n) is 13.3. The van der Waals surface area contributed by atoms with Crippen LogP contribution in [0.1, 0.15) is 6.92 Å². The largest absolute Gasteiger partial charge is 0.497 e. The molecule has 23 heavy (non-hydrogen) atoms. The molecule has 2 rings (SSSR count). The predicted octanol–water partition coefficient (Wildman–Crippen LogP) is 3.41. The number of hydrogen-bond donors (Lipinski definition) is 2. The van der Waals surface area contributed by atoms with E-state index in [0.717, 1.165) is 5.69 Å². The van der Waals surface area contributed by atoms with Gasteiger partial charge in [0.2, 0.25) is 0 Å². The van der Waals surface area contributed by atoms with Crippen LogP contribution in [0, 0.1) is 0 Å². The summed E-state index contributed by atoms with van der Waals surface area (Å²) in [5.41, 5.74) is 1.28. The van der Waals surface area contributed by atoms with Gasteiger partial charge in [0.05, 0.1) is 38.4 Å². The number of methoxy groups -OCH3 is 2. The Hall–Kier alpha value is -2.96. The maximum absolute atomic E-state index is 11.3.